The Morgan fingerprint density at radius 1 is 0.893 bits per heavy atom. The number of nitrogens with zero attached hydrogens (tertiary/aromatic N) is 5. The molecule has 1 aliphatic heterocycles. The van der Waals surface area contributed by atoms with Gasteiger partial charge in [0.15, 0.2) is 5.82 Å². The van der Waals surface area contributed by atoms with Crippen LogP contribution in [0.15, 0.2) is 48.7 Å². The number of hydrogen-bond donors (Lipinski definition) is 1. The highest BCUT2D eigenvalue weighted by atomic mass is 15.3. The van der Waals surface area contributed by atoms with Crippen LogP contribution in [0, 0.1) is 20.8 Å². The van der Waals surface area contributed by atoms with Gasteiger partial charge in [-0.15, -0.1) is 5.10 Å². The fourth-order valence-electron chi connectivity index (χ4n) is 3.53. The summed E-state index contributed by atoms with van der Waals surface area (Å²) in [5, 5.41) is 11.6. The maximum absolute atomic E-state index is 4.70. The van der Waals surface area contributed by atoms with Crippen molar-refractivity contribution in [2.24, 2.45) is 0 Å². The van der Waals surface area contributed by atoms with Crippen LogP contribution in [0.1, 0.15) is 16.7 Å². The molecule has 0 bridgehead atoms. The van der Waals surface area contributed by atoms with Gasteiger partial charge in [0.1, 0.15) is 0 Å². The summed E-state index contributed by atoms with van der Waals surface area (Å²) in [5.41, 5.74) is 6.03. The molecule has 144 valence electrons. The van der Waals surface area contributed by atoms with Crippen molar-refractivity contribution in [2.75, 3.05) is 41.3 Å². The maximum atomic E-state index is 4.70. The van der Waals surface area contributed by atoms with Crippen molar-refractivity contribution in [3.8, 4) is 0 Å². The fraction of sp³-hybridized carbons (Fsp3) is 0.318. The van der Waals surface area contributed by atoms with Crippen molar-refractivity contribution >= 4 is 23.1 Å². The van der Waals surface area contributed by atoms with Gasteiger partial charge < -0.3 is 15.1 Å². The molecule has 0 aliphatic carbocycles. The Balaban J connectivity index is 1.44. The zero-order valence-electron chi connectivity index (χ0n) is 16.7. The summed E-state index contributed by atoms with van der Waals surface area (Å²) < 4.78 is 0. The minimum atomic E-state index is 0.535. The Labute approximate surface area is 166 Å². The molecule has 1 saturated heterocycles. The van der Waals surface area contributed by atoms with E-state index in [2.05, 4.69) is 76.4 Å². The number of aryl methyl sites for hydroxylation is 2. The molecule has 6 nitrogen and oxygen atoms in total. The zero-order chi connectivity index (χ0) is 19.5. The van der Waals surface area contributed by atoms with E-state index < -0.39 is 0 Å². The largest absolute Gasteiger partial charge is 0.368 e. The van der Waals surface area contributed by atoms with Crippen molar-refractivity contribution < 1.29 is 0 Å². The second-order valence-electron chi connectivity index (χ2n) is 7.32. The van der Waals surface area contributed by atoms with Gasteiger partial charge in [-0.25, -0.2) is 0 Å². The summed E-state index contributed by atoms with van der Waals surface area (Å²) in [4.78, 5) is 9.39. The van der Waals surface area contributed by atoms with Crippen molar-refractivity contribution in [3.63, 3.8) is 0 Å². The number of nitrogens with one attached hydrogen (secondary N) is 1. The average molecular weight is 374 g/mol. The molecule has 6 heteroatoms. The lowest BCUT2D eigenvalue weighted by atomic mass is 10.1. The lowest BCUT2D eigenvalue weighted by Gasteiger charge is -2.36. The van der Waals surface area contributed by atoms with Gasteiger partial charge in [0.25, 0.3) is 0 Å². The van der Waals surface area contributed by atoms with E-state index in [1.165, 1.54) is 22.4 Å². The molecule has 1 fully saturated rings. The highest BCUT2D eigenvalue weighted by Gasteiger charge is 2.19. The zero-order valence-corrected chi connectivity index (χ0v) is 16.7. The second kappa shape index (κ2) is 7.84. The summed E-state index contributed by atoms with van der Waals surface area (Å²) in [7, 11) is 0. The Hall–Kier alpha value is -3.15. The van der Waals surface area contributed by atoms with Crippen LogP contribution in [-0.4, -0.2) is 41.4 Å². The van der Waals surface area contributed by atoms with E-state index in [0.717, 1.165) is 37.7 Å². The molecule has 28 heavy (non-hydrogen) atoms. The SMILES string of the molecule is Cc1cccc(N2CCN(c3cnnc(Nc4cccc(C)c4C)n3)CC2)c1. The first-order chi connectivity index (χ1) is 13.6. The first kappa shape index (κ1) is 18.2. The highest BCUT2D eigenvalue weighted by molar-refractivity contribution is 5.60. The molecule has 2 aromatic carbocycles. The van der Waals surface area contributed by atoms with Gasteiger partial charge in [0.2, 0.25) is 5.95 Å². The van der Waals surface area contributed by atoms with Crippen LogP contribution < -0.4 is 15.1 Å². The van der Waals surface area contributed by atoms with E-state index in [-0.39, 0.29) is 0 Å². The summed E-state index contributed by atoms with van der Waals surface area (Å²) in [6.45, 7) is 10.1. The minimum absolute atomic E-state index is 0.535. The lowest BCUT2D eigenvalue weighted by molar-refractivity contribution is 0.644. The predicted molar refractivity (Wildman–Crippen MR) is 115 cm³/mol. The van der Waals surface area contributed by atoms with E-state index in [0.29, 0.717) is 5.95 Å². The molecular weight excluding hydrogens is 348 g/mol. The summed E-state index contributed by atoms with van der Waals surface area (Å²) >= 11 is 0. The van der Waals surface area contributed by atoms with Gasteiger partial charge in [-0.3, -0.25) is 0 Å². The fourth-order valence-corrected chi connectivity index (χ4v) is 3.53. The van der Waals surface area contributed by atoms with Crippen LogP contribution in [0.5, 0.6) is 0 Å². The molecule has 4 rings (SSSR count). The number of hydrogen-bond acceptors (Lipinski definition) is 6. The van der Waals surface area contributed by atoms with Gasteiger partial charge in [0, 0.05) is 37.6 Å². The Bertz CT molecular complexity index is 963. The third kappa shape index (κ3) is 3.91. The molecule has 1 aliphatic rings. The smallest absolute Gasteiger partial charge is 0.249 e. The van der Waals surface area contributed by atoms with Gasteiger partial charge in [-0.2, -0.15) is 10.1 Å². The topological polar surface area (TPSA) is 57.2 Å². The van der Waals surface area contributed by atoms with Crippen LogP contribution >= 0.6 is 0 Å². The van der Waals surface area contributed by atoms with Crippen LogP contribution in [0.25, 0.3) is 0 Å². The predicted octanol–water partition coefficient (Wildman–Crippen LogP) is 3.87. The third-order valence-corrected chi connectivity index (χ3v) is 5.37. The standard InChI is InChI=1S/C22H26N6/c1-16-6-4-8-19(14-16)27-10-12-28(13-11-27)21-15-23-26-22(25-21)24-20-9-5-7-17(2)18(20)3/h4-9,14-15H,10-13H2,1-3H3,(H,24,25,26). The van der Waals surface area contributed by atoms with E-state index in [4.69, 9.17) is 4.98 Å². The second-order valence-corrected chi connectivity index (χ2v) is 7.32. The van der Waals surface area contributed by atoms with E-state index >= 15 is 0 Å². The number of rotatable bonds is 4. The molecule has 0 unspecified atom stereocenters. The molecular formula is C22H26N6. The molecule has 0 radical (unpaired) electrons. The normalized spacial score (nSPS) is 14.2. The van der Waals surface area contributed by atoms with Crippen molar-refractivity contribution in [3.05, 3.63) is 65.4 Å². The summed E-state index contributed by atoms with van der Waals surface area (Å²) in [6.07, 6.45) is 1.75. The molecule has 0 spiro atoms. The number of piperazine rings is 1. The third-order valence-electron chi connectivity index (χ3n) is 5.37. The molecule has 3 aromatic rings. The van der Waals surface area contributed by atoms with Gasteiger partial charge in [-0.05, 0) is 55.7 Å². The number of anilines is 4. The van der Waals surface area contributed by atoms with E-state index in [9.17, 15) is 0 Å². The molecule has 0 saturated carbocycles. The van der Waals surface area contributed by atoms with Crippen molar-refractivity contribution in [2.45, 2.75) is 20.8 Å². The highest BCUT2D eigenvalue weighted by Crippen LogP contribution is 2.23. The number of aromatic nitrogens is 3. The van der Waals surface area contributed by atoms with Crippen LogP contribution in [0.4, 0.5) is 23.1 Å². The summed E-state index contributed by atoms with van der Waals surface area (Å²) in [6, 6.07) is 14.9. The number of benzene rings is 2. The van der Waals surface area contributed by atoms with Crippen LogP contribution in [0.2, 0.25) is 0 Å². The minimum Gasteiger partial charge on any atom is -0.368 e. The molecule has 0 amide bonds. The monoisotopic (exact) mass is 374 g/mol. The van der Waals surface area contributed by atoms with Crippen molar-refractivity contribution in [1.82, 2.24) is 15.2 Å². The van der Waals surface area contributed by atoms with E-state index in [1.807, 2.05) is 12.1 Å². The van der Waals surface area contributed by atoms with E-state index in [1.54, 1.807) is 6.20 Å². The molecule has 0 atom stereocenters. The maximum Gasteiger partial charge on any atom is 0.249 e. The molecule has 1 N–H and O–H groups in total. The molecule has 2 heterocycles. The molecule has 1 aromatic heterocycles. The quantitative estimate of drug-likeness (QED) is 0.748. The Kier molecular flexibility index (Phi) is 5.10. The first-order valence-corrected chi connectivity index (χ1v) is 9.70. The first-order valence-electron chi connectivity index (χ1n) is 9.70. The van der Waals surface area contributed by atoms with Gasteiger partial charge in [-0.1, -0.05) is 24.3 Å². The van der Waals surface area contributed by atoms with Crippen LogP contribution in [0.3, 0.4) is 0 Å². The van der Waals surface area contributed by atoms with Crippen LogP contribution in [-0.2, 0) is 0 Å². The Morgan fingerprint density at radius 2 is 1.64 bits per heavy atom. The average Bonchev–Trinajstić information content (AvgIpc) is 2.72. The Morgan fingerprint density at radius 3 is 2.43 bits per heavy atom. The van der Waals surface area contributed by atoms with Gasteiger partial charge >= 0.3 is 0 Å². The lowest BCUT2D eigenvalue weighted by Crippen LogP contribution is -2.47. The summed E-state index contributed by atoms with van der Waals surface area (Å²) in [5.74, 6) is 1.40. The van der Waals surface area contributed by atoms with Gasteiger partial charge in [0.05, 0.1) is 6.20 Å². The van der Waals surface area contributed by atoms with Crippen molar-refractivity contribution in [1.29, 1.82) is 0 Å².